The predicted molar refractivity (Wildman–Crippen MR) is 64.6 cm³/mol. The fourth-order valence-corrected chi connectivity index (χ4v) is 1.47. The minimum Gasteiger partial charge on any atom is -0.394 e. The van der Waals surface area contributed by atoms with Gasteiger partial charge in [-0.05, 0) is 12.5 Å². The molecular formula is C13H20O4. The van der Waals surface area contributed by atoms with E-state index >= 15 is 0 Å². The lowest BCUT2D eigenvalue weighted by Gasteiger charge is -2.21. The summed E-state index contributed by atoms with van der Waals surface area (Å²) in [5.41, 5.74) is 1.07. The van der Waals surface area contributed by atoms with E-state index in [1.165, 1.54) is 0 Å². The second kappa shape index (κ2) is 8.20. The van der Waals surface area contributed by atoms with Crippen LogP contribution < -0.4 is 0 Å². The molecule has 0 aliphatic heterocycles. The normalized spacial score (nSPS) is 14.5. The number of aliphatic hydroxyl groups is 2. The molecule has 0 fully saturated rings. The Labute approximate surface area is 102 Å². The third-order valence-corrected chi connectivity index (χ3v) is 2.39. The molecule has 0 radical (unpaired) electrons. The van der Waals surface area contributed by atoms with E-state index < -0.39 is 12.2 Å². The van der Waals surface area contributed by atoms with Crippen LogP contribution in [0.1, 0.15) is 12.5 Å². The van der Waals surface area contributed by atoms with Gasteiger partial charge in [0.15, 0.2) is 0 Å². The first-order valence-corrected chi connectivity index (χ1v) is 5.80. The van der Waals surface area contributed by atoms with Crippen LogP contribution >= 0.6 is 0 Å². The molecule has 1 aromatic rings. The zero-order valence-corrected chi connectivity index (χ0v) is 10.1. The SMILES string of the molecule is CCO[C@@H](COCc1ccccc1)[C@H](O)CO. The van der Waals surface area contributed by atoms with E-state index in [0.29, 0.717) is 13.2 Å². The molecule has 0 saturated carbocycles. The third-order valence-electron chi connectivity index (χ3n) is 2.39. The quantitative estimate of drug-likeness (QED) is 0.710. The molecule has 0 aliphatic rings. The van der Waals surface area contributed by atoms with Crippen LogP contribution in [-0.4, -0.2) is 42.2 Å². The minimum absolute atomic E-state index is 0.268. The van der Waals surface area contributed by atoms with Crippen molar-refractivity contribution in [2.45, 2.75) is 25.7 Å². The van der Waals surface area contributed by atoms with Gasteiger partial charge in [-0.3, -0.25) is 0 Å². The fraction of sp³-hybridized carbons (Fsp3) is 0.538. The molecule has 4 heteroatoms. The average molecular weight is 240 g/mol. The van der Waals surface area contributed by atoms with Crippen LogP contribution in [0.3, 0.4) is 0 Å². The Morgan fingerprint density at radius 3 is 2.53 bits per heavy atom. The highest BCUT2D eigenvalue weighted by Gasteiger charge is 2.18. The Balaban J connectivity index is 2.32. The fourth-order valence-electron chi connectivity index (χ4n) is 1.47. The van der Waals surface area contributed by atoms with Gasteiger partial charge in [0.25, 0.3) is 0 Å². The molecule has 0 amide bonds. The maximum atomic E-state index is 9.49. The van der Waals surface area contributed by atoms with Crippen molar-refractivity contribution in [1.82, 2.24) is 0 Å². The van der Waals surface area contributed by atoms with Crippen molar-refractivity contribution in [3.63, 3.8) is 0 Å². The smallest absolute Gasteiger partial charge is 0.109 e. The van der Waals surface area contributed by atoms with Crippen molar-refractivity contribution in [3.8, 4) is 0 Å². The van der Waals surface area contributed by atoms with Crippen LogP contribution in [0.25, 0.3) is 0 Å². The summed E-state index contributed by atoms with van der Waals surface area (Å²) in [7, 11) is 0. The van der Waals surface area contributed by atoms with Crippen LogP contribution in [-0.2, 0) is 16.1 Å². The highest BCUT2D eigenvalue weighted by atomic mass is 16.5. The van der Waals surface area contributed by atoms with Crippen LogP contribution in [0.2, 0.25) is 0 Å². The molecule has 0 aliphatic carbocycles. The molecule has 4 nitrogen and oxygen atoms in total. The van der Waals surface area contributed by atoms with Gasteiger partial charge in [0.1, 0.15) is 12.2 Å². The highest BCUT2D eigenvalue weighted by molar-refractivity contribution is 5.13. The lowest BCUT2D eigenvalue weighted by molar-refractivity contribution is -0.0926. The minimum atomic E-state index is -0.897. The number of rotatable bonds is 8. The summed E-state index contributed by atoms with van der Waals surface area (Å²) in [6.07, 6.45) is -1.38. The van der Waals surface area contributed by atoms with Gasteiger partial charge in [-0.1, -0.05) is 30.3 Å². The number of hydrogen-bond acceptors (Lipinski definition) is 4. The van der Waals surface area contributed by atoms with Gasteiger partial charge in [-0.25, -0.2) is 0 Å². The monoisotopic (exact) mass is 240 g/mol. The molecule has 0 aromatic heterocycles. The predicted octanol–water partition coefficient (Wildman–Crippen LogP) is 0.962. The molecule has 0 unspecified atom stereocenters. The largest absolute Gasteiger partial charge is 0.394 e. The Bertz CT molecular complexity index is 289. The van der Waals surface area contributed by atoms with E-state index in [4.69, 9.17) is 14.6 Å². The van der Waals surface area contributed by atoms with Crippen molar-refractivity contribution in [3.05, 3.63) is 35.9 Å². The van der Waals surface area contributed by atoms with Crippen LogP contribution in [0.15, 0.2) is 30.3 Å². The molecule has 0 spiro atoms. The molecule has 0 bridgehead atoms. The highest BCUT2D eigenvalue weighted by Crippen LogP contribution is 2.05. The molecule has 2 N–H and O–H groups in total. The van der Waals surface area contributed by atoms with Crippen LogP contribution in [0, 0.1) is 0 Å². The summed E-state index contributed by atoms with van der Waals surface area (Å²) in [6, 6.07) is 9.78. The second-order valence-electron chi connectivity index (χ2n) is 3.74. The Morgan fingerprint density at radius 1 is 1.24 bits per heavy atom. The molecule has 17 heavy (non-hydrogen) atoms. The second-order valence-corrected chi connectivity index (χ2v) is 3.74. The van der Waals surface area contributed by atoms with Gasteiger partial charge in [-0.15, -0.1) is 0 Å². The maximum Gasteiger partial charge on any atom is 0.109 e. The number of hydrogen-bond donors (Lipinski definition) is 2. The summed E-state index contributed by atoms with van der Waals surface area (Å²) in [6.45, 7) is 2.75. The maximum absolute atomic E-state index is 9.49. The molecular weight excluding hydrogens is 220 g/mol. The van der Waals surface area contributed by atoms with Gasteiger partial charge < -0.3 is 19.7 Å². The summed E-state index contributed by atoms with van der Waals surface area (Å²) in [5, 5.41) is 18.4. The van der Waals surface area contributed by atoms with E-state index in [0.717, 1.165) is 5.56 Å². The van der Waals surface area contributed by atoms with Gasteiger partial charge in [0, 0.05) is 6.61 Å². The molecule has 2 atom stereocenters. The standard InChI is InChI=1S/C13H20O4/c1-2-17-13(12(15)8-14)10-16-9-11-6-4-3-5-7-11/h3-7,12-15H,2,8-10H2,1H3/t12-,13+/m1/s1. The van der Waals surface area contributed by atoms with E-state index in [2.05, 4.69) is 0 Å². The lowest BCUT2D eigenvalue weighted by atomic mass is 10.2. The van der Waals surface area contributed by atoms with Crippen LogP contribution in [0.5, 0.6) is 0 Å². The first-order chi connectivity index (χ1) is 8.27. The van der Waals surface area contributed by atoms with E-state index in [9.17, 15) is 5.11 Å². The van der Waals surface area contributed by atoms with Crippen LogP contribution in [0.4, 0.5) is 0 Å². The van der Waals surface area contributed by atoms with Gasteiger partial charge in [0.05, 0.1) is 19.8 Å². The molecule has 1 rings (SSSR count). The van der Waals surface area contributed by atoms with Crippen molar-refractivity contribution >= 4 is 0 Å². The zero-order valence-electron chi connectivity index (χ0n) is 10.1. The van der Waals surface area contributed by atoms with E-state index in [1.54, 1.807) is 0 Å². The average Bonchev–Trinajstić information content (AvgIpc) is 2.38. The van der Waals surface area contributed by atoms with Crippen molar-refractivity contribution in [2.24, 2.45) is 0 Å². The first kappa shape index (κ1) is 14.1. The number of ether oxygens (including phenoxy) is 2. The van der Waals surface area contributed by atoms with Crippen molar-refractivity contribution in [2.75, 3.05) is 19.8 Å². The molecule has 96 valence electrons. The summed E-state index contributed by atoms with van der Waals surface area (Å²) < 4.78 is 10.8. The van der Waals surface area contributed by atoms with Crippen molar-refractivity contribution < 1.29 is 19.7 Å². The summed E-state index contributed by atoms with van der Waals surface area (Å²) >= 11 is 0. The lowest BCUT2D eigenvalue weighted by Crippen LogP contribution is -2.36. The topological polar surface area (TPSA) is 58.9 Å². The Hall–Kier alpha value is -0.940. The molecule has 1 aromatic carbocycles. The summed E-state index contributed by atoms with van der Waals surface area (Å²) in [4.78, 5) is 0. The van der Waals surface area contributed by atoms with E-state index in [-0.39, 0.29) is 13.2 Å². The van der Waals surface area contributed by atoms with Gasteiger partial charge >= 0.3 is 0 Å². The molecule has 0 saturated heterocycles. The third kappa shape index (κ3) is 5.28. The zero-order chi connectivity index (χ0) is 12.5. The van der Waals surface area contributed by atoms with Crippen molar-refractivity contribution in [1.29, 1.82) is 0 Å². The summed E-state index contributed by atoms with van der Waals surface area (Å²) in [5.74, 6) is 0. The number of aliphatic hydroxyl groups excluding tert-OH is 2. The van der Waals surface area contributed by atoms with Gasteiger partial charge in [-0.2, -0.15) is 0 Å². The van der Waals surface area contributed by atoms with E-state index in [1.807, 2.05) is 37.3 Å². The van der Waals surface area contributed by atoms with Gasteiger partial charge in [0.2, 0.25) is 0 Å². The number of benzene rings is 1. The Kier molecular flexibility index (Phi) is 6.81. The first-order valence-electron chi connectivity index (χ1n) is 5.80. The molecule has 0 heterocycles. The Morgan fingerprint density at radius 2 is 1.94 bits per heavy atom.